The topological polar surface area (TPSA) is 15.3 Å². The molecule has 0 heterocycles. The van der Waals surface area contributed by atoms with Crippen molar-refractivity contribution in [3.8, 4) is 0 Å². The van der Waals surface area contributed by atoms with Gasteiger partial charge in [-0.25, -0.2) is 0 Å². The Kier molecular flexibility index (Phi) is 7.05. The third-order valence-corrected chi connectivity index (χ3v) is 4.03. The zero-order valence-corrected chi connectivity index (χ0v) is 14.4. The highest BCUT2D eigenvalue weighted by atomic mass is 79.9. The van der Waals surface area contributed by atoms with Crippen LogP contribution in [0.3, 0.4) is 0 Å². The molecule has 1 atom stereocenters. The van der Waals surface area contributed by atoms with Crippen LogP contribution in [0.25, 0.3) is 0 Å². The molecule has 0 spiro atoms. The Morgan fingerprint density at radius 3 is 2.47 bits per heavy atom. The molecule has 1 aromatic rings. The Bertz CT molecular complexity index is 378. The largest absolute Gasteiger partial charge is 0.309 e. The summed E-state index contributed by atoms with van der Waals surface area (Å²) < 4.78 is 1.19. The summed E-state index contributed by atoms with van der Waals surface area (Å²) in [6, 6.07) is 7.14. The van der Waals surface area contributed by atoms with Gasteiger partial charge in [0.2, 0.25) is 0 Å². The molecule has 1 aromatic carbocycles. The van der Waals surface area contributed by atoms with Crippen LogP contribution in [0.15, 0.2) is 22.7 Å². The number of halogens is 1. The Morgan fingerprint density at radius 2 is 1.95 bits per heavy atom. The Morgan fingerprint density at radius 1 is 1.26 bits per heavy atom. The normalized spacial score (nSPS) is 13.3. The lowest BCUT2D eigenvalue weighted by Crippen LogP contribution is -2.38. The molecule has 3 heteroatoms. The van der Waals surface area contributed by atoms with Gasteiger partial charge in [0.25, 0.3) is 0 Å². The second-order valence-electron chi connectivity index (χ2n) is 6.05. The first-order valence-electron chi connectivity index (χ1n) is 7.01. The minimum atomic E-state index is 0.551. The minimum absolute atomic E-state index is 0.551. The van der Waals surface area contributed by atoms with Crippen molar-refractivity contribution < 1.29 is 0 Å². The SMILES string of the molecule is Cc1ccc(CNC(CC(C)C)CN(C)C)cc1Br. The molecule has 0 aliphatic carbocycles. The number of benzene rings is 1. The summed E-state index contributed by atoms with van der Waals surface area (Å²) in [4.78, 5) is 2.26. The van der Waals surface area contributed by atoms with Gasteiger partial charge in [0, 0.05) is 23.6 Å². The molecule has 1 N–H and O–H groups in total. The number of aryl methyl sites for hydroxylation is 1. The standard InChI is InChI=1S/C16H27BrN2/c1-12(2)8-15(11-19(4)5)18-10-14-7-6-13(3)16(17)9-14/h6-7,9,12,15,18H,8,10-11H2,1-5H3. The van der Waals surface area contributed by atoms with E-state index in [9.17, 15) is 0 Å². The predicted octanol–water partition coefficient (Wildman–Crippen LogP) is 3.82. The number of hydrogen-bond acceptors (Lipinski definition) is 2. The van der Waals surface area contributed by atoms with Crippen LogP contribution in [0.5, 0.6) is 0 Å². The molecule has 0 aliphatic heterocycles. The van der Waals surface area contributed by atoms with E-state index in [4.69, 9.17) is 0 Å². The number of hydrogen-bond donors (Lipinski definition) is 1. The number of likely N-dealkylation sites (N-methyl/N-ethyl adjacent to an activating group) is 1. The molecule has 2 nitrogen and oxygen atoms in total. The fourth-order valence-corrected chi connectivity index (χ4v) is 2.67. The molecule has 1 unspecified atom stereocenters. The fourth-order valence-electron chi connectivity index (χ4n) is 2.24. The minimum Gasteiger partial charge on any atom is -0.309 e. The second-order valence-corrected chi connectivity index (χ2v) is 6.91. The molecule has 0 aromatic heterocycles. The summed E-state index contributed by atoms with van der Waals surface area (Å²) in [5, 5.41) is 3.68. The number of nitrogens with zero attached hydrogens (tertiary/aromatic N) is 1. The molecule has 108 valence electrons. The van der Waals surface area contributed by atoms with Gasteiger partial charge in [0.15, 0.2) is 0 Å². The molecule has 0 saturated carbocycles. The van der Waals surface area contributed by atoms with Crippen molar-refractivity contribution in [2.45, 2.75) is 39.8 Å². The van der Waals surface area contributed by atoms with E-state index >= 15 is 0 Å². The van der Waals surface area contributed by atoms with Gasteiger partial charge in [-0.3, -0.25) is 0 Å². The average molecular weight is 327 g/mol. The van der Waals surface area contributed by atoms with E-state index < -0.39 is 0 Å². The number of nitrogens with one attached hydrogen (secondary N) is 1. The van der Waals surface area contributed by atoms with Gasteiger partial charge in [-0.2, -0.15) is 0 Å². The highest BCUT2D eigenvalue weighted by Gasteiger charge is 2.11. The highest BCUT2D eigenvalue weighted by Crippen LogP contribution is 2.17. The Hall–Kier alpha value is -0.380. The van der Waals surface area contributed by atoms with Crippen LogP contribution in [0.1, 0.15) is 31.4 Å². The third kappa shape index (κ3) is 6.55. The molecule has 0 amide bonds. The van der Waals surface area contributed by atoms with Crippen molar-refractivity contribution in [1.29, 1.82) is 0 Å². The maximum absolute atomic E-state index is 3.68. The average Bonchev–Trinajstić information content (AvgIpc) is 2.29. The Labute approximate surface area is 126 Å². The molecule has 0 aliphatic rings. The molecule has 0 bridgehead atoms. The second kappa shape index (κ2) is 8.03. The smallest absolute Gasteiger partial charge is 0.0209 e. The van der Waals surface area contributed by atoms with Crippen molar-refractivity contribution >= 4 is 15.9 Å². The van der Waals surface area contributed by atoms with E-state index in [1.54, 1.807) is 0 Å². The fraction of sp³-hybridized carbons (Fsp3) is 0.625. The molecule has 0 fully saturated rings. The van der Waals surface area contributed by atoms with Crippen LogP contribution in [0, 0.1) is 12.8 Å². The molecule has 0 radical (unpaired) electrons. The molecule has 19 heavy (non-hydrogen) atoms. The van der Waals surface area contributed by atoms with Gasteiger partial charge in [-0.05, 0) is 50.6 Å². The lowest BCUT2D eigenvalue weighted by Gasteiger charge is -2.24. The molecular weight excluding hydrogens is 300 g/mol. The summed E-state index contributed by atoms with van der Waals surface area (Å²) in [5.74, 6) is 0.724. The predicted molar refractivity (Wildman–Crippen MR) is 87.5 cm³/mol. The highest BCUT2D eigenvalue weighted by molar-refractivity contribution is 9.10. The molecular formula is C16H27BrN2. The van der Waals surface area contributed by atoms with Crippen LogP contribution in [-0.4, -0.2) is 31.6 Å². The Balaban J connectivity index is 2.56. The zero-order valence-electron chi connectivity index (χ0n) is 12.8. The van der Waals surface area contributed by atoms with Crippen molar-refractivity contribution in [3.63, 3.8) is 0 Å². The van der Waals surface area contributed by atoms with E-state index in [1.165, 1.54) is 22.0 Å². The summed E-state index contributed by atoms with van der Waals surface area (Å²) in [6.07, 6.45) is 1.21. The third-order valence-electron chi connectivity index (χ3n) is 3.17. The molecule has 1 rings (SSSR count). The van der Waals surface area contributed by atoms with Gasteiger partial charge >= 0.3 is 0 Å². The monoisotopic (exact) mass is 326 g/mol. The zero-order chi connectivity index (χ0) is 14.4. The van der Waals surface area contributed by atoms with Gasteiger partial charge in [-0.15, -0.1) is 0 Å². The lowest BCUT2D eigenvalue weighted by molar-refractivity contribution is 0.305. The van der Waals surface area contributed by atoms with E-state index in [1.807, 2.05) is 0 Å². The number of rotatable bonds is 7. The van der Waals surface area contributed by atoms with Crippen molar-refractivity contribution in [3.05, 3.63) is 33.8 Å². The first kappa shape index (κ1) is 16.7. The molecule has 0 saturated heterocycles. The van der Waals surface area contributed by atoms with Crippen LogP contribution in [0.4, 0.5) is 0 Å². The first-order valence-corrected chi connectivity index (χ1v) is 7.81. The van der Waals surface area contributed by atoms with E-state index in [0.29, 0.717) is 6.04 Å². The summed E-state index contributed by atoms with van der Waals surface area (Å²) in [5.41, 5.74) is 2.63. The van der Waals surface area contributed by atoms with Gasteiger partial charge in [-0.1, -0.05) is 41.9 Å². The summed E-state index contributed by atoms with van der Waals surface area (Å²) in [6.45, 7) is 8.71. The van der Waals surface area contributed by atoms with E-state index in [-0.39, 0.29) is 0 Å². The van der Waals surface area contributed by atoms with Gasteiger partial charge in [0.1, 0.15) is 0 Å². The van der Waals surface area contributed by atoms with Crippen LogP contribution < -0.4 is 5.32 Å². The maximum Gasteiger partial charge on any atom is 0.0209 e. The van der Waals surface area contributed by atoms with Gasteiger partial charge < -0.3 is 10.2 Å². The maximum atomic E-state index is 3.68. The van der Waals surface area contributed by atoms with Crippen LogP contribution in [0.2, 0.25) is 0 Å². The van der Waals surface area contributed by atoms with E-state index in [2.05, 4.69) is 79.2 Å². The van der Waals surface area contributed by atoms with Crippen LogP contribution in [-0.2, 0) is 6.54 Å². The van der Waals surface area contributed by atoms with Crippen molar-refractivity contribution in [1.82, 2.24) is 10.2 Å². The quantitative estimate of drug-likeness (QED) is 0.819. The van der Waals surface area contributed by atoms with Crippen molar-refractivity contribution in [2.75, 3.05) is 20.6 Å². The van der Waals surface area contributed by atoms with E-state index in [0.717, 1.165) is 19.0 Å². The van der Waals surface area contributed by atoms with Crippen LogP contribution >= 0.6 is 15.9 Å². The summed E-state index contributed by atoms with van der Waals surface area (Å²) >= 11 is 3.60. The van der Waals surface area contributed by atoms with Gasteiger partial charge in [0.05, 0.1) is 0 Å². The van der Waals surface area contributed by atoms with Crippen molar-refractivity contribution in [2.24, 2.45) is 5.92 Å². The lowest BCUT2D eigenvalue weighted by atomic mass is 10.0. The first-order chi connectivity index (χ1) is 8.88. The summed E-state index contributed by atoms with van der Waals surface area (Å²) in [7, 11) is 4.27.